The first kappa shape index (κ1) is 14.1. The molecule has 1 aliphatic rings. The summed E-state index contributed by atoms with van der Waals surface area (Å²) in [6, 6.07) is 6.84. The first-order chi connectivity index (χ1) is 11.2. The third-order valence-electron chi connectivity index (χ3n) is 4.50. The lowest BCUT2D eigenvalue weighted by atomic mass is 10.1. The van der Waals surface area contributed by atoms with E-state index in [1.807, 2.05) is 4.68 Å². The lowest BCUT2D eigenvalue weighted by molar-refractivity contribution is 0.478. The molecule has 0 radical (unpaired) electrons. The van der Waals surface area contributed by atoms with Crippen molar-refractivity contribution in [2.24, 2.45) is 0 Å². The minimum Gasteiger partial charge on any atom is -0.310 e. The molecule has 1 aromatic carbocycles. The van der Waals surface area contributed by atoms with Crippen molar-refractivity contribution in [2.75, 3.05) is 0 Å². The zero-order valence-electron chi connectivity index (χ0n) is 12.6. The Bertz CT molecular complexity index is 908. The number of hydrogen-bond acceptors (Lipinski definition) is 3. The fourth-order valence-electron chi connectivity index (χ4n) is 3.30. The van der Waals surface area contributed by atoms with Crippen LogP contribution in [0.4, 0.5) is 4.39 Å². The number of H-pyrrole nitrogens is 1. The van der Waals surface area contributed by atoms with Gasteiger partial charge in [0.15, 0.2) is 5.65 Å². The molecule has 0 spiro atoms. The van der Waals surface area contributed by atoms with E-state index in [1.54, 1.807) is 24.4 Å². The molecule has 118 valence electrons. The molecule has 0 unspecified atom stereocenters. The van der Waals surface area contributed by atoms with Gasteiger partial charge in [-0.05, 0) is 24.5 Å². The highest BCUT2D eigenvalue weighted by Gasteiger charge is 2.21. The Morgan fingerprint density at radius 3 is 2.83 bits per heavy atom. The molecule has 0 amide bonds. The molecule has 0 atom stereocenters. The van der Waals surface area contributed by atoms with Crippen molar-refractivity contribution in [1.82, 2.24) is 19.7 Å². The molecule has 4 rings (SSSR count). The van der Waals surface area contributed by atoms with Gasteiger partial charge in [0.1, 0.15) is 17.0 Å². The molecule has 0 bridgehead atoms. The van der Waals surface area contributed by atoms with E-state index in [-0.39, 0.29) is 17.8 Å². The monoisotopic (exact) mass is 312 g/mol. The summed E-state index contributed by atoms with van der Waals surface area (Å²) >= 11 is 0. The molecular formula is C17H17FN4O. The predicted octanol–water partition coefficient (Wildman–Crippen LogP) is 2.96. The summed E-state index contributed by atoms with van der Waals surface area (Å²) in [6.45, 7) is 0. The summed E-state index contributed by atoms with van der Waals surface area (Å²) in [5.41, 5.74) is 0.902. The van der Waals surface area contributed by atoms with Crippen molar-refractivity contribution in [1.29, 1.82) is 0 Å². The van der Waals surface area contributed by atoms with Crippen LogP contribution in [0.5, 0.6) is 0 Å². The smallest absolute Gasteiger partial charge is 0.262 e. The zero-order valence-corrected chi connectivity index (χ0v) is 12.6. The van der Waals surface area contributed by atoms with Gasteiger partial charge in [0, 0.05) is 6.42 Å². The van der Waals surface area contributed by atoms with Gasteiger partial charge >= 0.3 is 0 Å². The fourth-order valence-corrected chi connectivity index (χ4v) is 3.30. The highest BCUT2D eigenvalue weighted by molar-refractivity contribution is 5.73. The van der Waals surface area contributed by atoms with Gasteiger partial charge in [-0.15, -0.1) is 0 Å². The van der Waals surface area contributed by atoms with Gasteiger partial charge in [0.05, 0.1) is 12.2 Å². The van der Waals surface area contributed by atoms with E-state index in [2.05, 4.69) is 15.1 Å². The summed E-state index contributed by atoms with van der Waals surface area (Å²) in [4.78, 5) is 19.6. The predicted molar refractivity (Wildman–Crippen MR) is 84.9 cm³/mol. The number of fused-ring (bicyclic) bond motifs is 1. The molecule has 0 saturated heterocycles. The molecule has 2 aromatic heterocycles. The number of rotatable bonds is 3. The van der Waals surface area contributed by atoms with Crippen LogP contribution in [0.25, 0.3) is 11.0 Å². The van der Waals surface area contributed by atoms with Crippen LogP contribution in [0, 0.1) is 5.82 Å². The maximum atomic E-state index is 13.8. The van der Waals surface area contributed by atoms with E-state index >= 15 is 0 Å². The highest BCUT2D eigenvalue weighted by Crippen LogP contribution is 2.30. The van der Waals surface area contributed by atoms with Gasteiger partial charge in [-0.1, -0.05) is 31.0 Å². The molecule has 1 aliphatic carbocycles. The number of nitrogens with one attached hydrogen (secondary N) is 1. The molecule has 1 fully saturated rings. The Hall–Kier alpha value is -2.50. The van der Waals surface area contributed by atoms with Gasteiger partial charge in [0.25, 0.3) is 5.56 Å². The lowest BCUT2D eigenvalue weighted by Gasteiger charge is -2.11. The molecule has 6 heteroatoms. The average molecular weight is 312 g/mol. The van der Waals surface area contributed by atoms with Crippen LogP contribution in [0.2, 0.25) is 0 Å². The van der Waals surface area contributed by atoms with Crippen molar-refractivity contribution >= 4 is 11.0 Å². The van der Waals surface area contributed by atoms with Crippen LogP contribution in [0.15, 0.2) is 35.3 Å². The maximum absolute atomic E-state index is 13.8. The average Bonchev–Trinajstić information content (AvgIpc) is 3.18. The molecule has 3 aromatic rings. The Labute approximate surface area is 132 Å². The topological polar surface area (TPSA) is 63.6 Å². The summed E-state index contributed by atoms with van der Waals surface area (Å²) < 4.78 is 15.7. The van der Waals surface area contributed by atoms with Crippen molar-refractivity contribution in [3.8, 4) is 0 Å². The highest BCUT2D eigenvalue weighted by atomic mass is 19.1. The normalized spacial score (nSPS) is 15.5. The first-order valence-corrected chi connectivity index (χ1v) is 7.92. The van der Waals surface area contributed by atoms with Crippen molar-refractivity contribution < 1.29 is 4.39 Å². The van der Waals surface area contributed by atoms with E-state index in [1.165, 1.54) is 18.9 Å². The van der Waals surface area contributed by atoms with Crippen LogP contribution < -0.4 is 5.56 Å². The van der Waals surface area contributed by atoms with E-state index in [0.29, 0.717) is 28.5 Å². The number of hydrogen-bond donors (Lipinski definition) is 1. The van der Waals surface area contributed by atoms with Crippen molar-refractivity contribution in [3.05, 3.63) is 58.0 Å². The Morgan fingerprint density at radius 1 is 1.26 bits per heavy atom. The Morgan fingerprint density at radius 2 is 2.04 bits per heavy atom. The van der Waals surface area contributed by atoms with E-state index in [9.17, 15) is 9.18 Å². The molecule has 0 aliphatic heterocycles. The van der Waals surface area contributed by atoms with Crippen LogP contribution in [0.3, 0.4) is 0 Å². The van der Waals surface area contributed by atoms with Crippen LogP contribution in [0.1, 0.15) is 43.1 Å². The Kier molecular flexibility index (Phi) is 3.44. The molecule has 1 saturated carbocycles. The second kappa shape index (κ2) is 5.61. The third kappa shape index (κ3) is 2.54. The molecular weight excluding hydrogens is 295 g/mol. The third-order valence-corrected chi connectivity index (χ3v) is 4.50. The van der Waals surface area contributed by atoms with E-state index in [0.717, 1.165) is 12.8 Å². The number of aromatic nitrogens is 4. The number of benzene rings is 1. The molecule has 5 nitrogen and oxygen atoms in total. The van der Waals surface area contributed by atoms with Gasteiger partial charge in [-0.25, -0.2) is 14.1 Å². The second-order valence-corrected chi connectivity index (χ2v) is 6.05. The molecule has 2 heterocycles. The quantitative estimate of drug-likeness (QED) is 0.808. The van der Waals surface area contributed by atoms with Gasteiger partial charge in [-0.2, -0.15) is 5.10 Å². The molecule has 23 heavy (non-hydrogen) atoms. The van der Waals surface area contributed by atoms with Crippen LogP contribution in [-0.2, 0) is 6.42 Å². The number of halogens is 1. The second-order valence-electron chi connectivity index (χ2n) is 6.05. The van der Waals surface area contributed by atoms with Crippen molar-refractivity contribution in [3.63, 3.8) is 0 Å². The van der Waals surface area contributed by atoms with Gasteiger partial charge in [-0.3, -0.25) is 4.79 Å². The van der Waals surface area contributed by atoms with Crippen LogP contribution in [-0.4, -0.2) is 19.7 Å². The van der Waals surface area contributed by atoms with Gasteiger partial charge in [0.2, 0.25) is 0 Å². The molecule has 1 N–H and O–H groups in total. The number of aromatic amines is 1. The SMILES string of the molecule is O=c1[nH]c(Cc2ccccc2F)nc2c1cnn2C1CCCC1. The van der Waals surface area contributed by atoms with E-state index < -0.39 is 0 Å². The van der Waals surface area contributed by atoms with Crippen molar-refractivity contribution in [2.45, 2.75) is 38.1 Å². The largest absolute Gasteiger partial charge is 0.310 e. The van der Waals surface area contributed by atoms with Gasteiger partial charge < -0.3 is 4.98 Å². The standard InChI is InChI=1S/C17H17FN4O/c18-14-8-4-1-5-11(14)9-15-20-16-13(17(23)21-15)10-19-22(16)12-6-2-3-7-12/h1,4-5,8,10,12H,2-3,6-7,9H2,(H,20,21,23). The minimum atomic E-state index is -0.292. The summed E-state index contributed by atoms with van der Waals surface area (Å²) in [7, 11) is 0. The fraction of sp³-hybridized carbons (Fsp3) is 0.353. The zero-order chi connectivity index (χ0) is 15.8. The first-order valence-electron chi connectivity index (χ1n) is 7.92. The summed E-state index contributed by atoms with van der Waals surface area (Å²) in [5, 5.41) is 4.86. The Balaban J connectivity index is 1.77. The number of nitrogens with zero attached hydrogens (tertiary/aromatic N) is 3. The van der Waals surface area contributed by atoms with Crippen LogP contribution >= 0.6 is 0 Å². The minimum absolute atomic E-state index is 0.217. The maximum Gasteiger partial charge on any atom is 0.262 e. The van der Waals surface area contributed by atoms with E-state index in [4.69, 9.17) is 0 Å². The lowest BCUT2D eigenvalue weighted by Crippen LogP contribution is -2.14. The summed E-state index contributed by atoms with van der Waals surface area (Å²) in [5.74, 6) is 0.173. The summed E-state index contributed by atoms with van der Waals surface area (Å²) in [6.07, 6.45) is 6.32.